The molecular formula is C21H22N10OS. The van der Waals surface area contributed by atoms with E-state index in [-0.39, 0.29) is 5.56 Å². The molecule has 0 saturated heterocycles. The van der Waals surface area contributed by atoms with Crippen molar-refractivity contribution in [2.75, 3.05) is 16.9 Å². The number of hydrogen-bond acceptors (Lipinski definition) is 10. The number of aromatic nitrogens is 8. The Morgan fingerprint density at radius 3 is 2.55 bits per heavy atom. The highest BCUT2D eigenvalue weighted by Gasteiger charge is 2.25. The minimum absolute atomic E-state index is 0.197. The van der Waals surface area contributed by atoms with Gasteiger partial charge in [0, 0.05) is 47.2 Å². The summed E-state index contributed by atoms with van der Waals surface area (Å²) < 4.78 is 1.53. The summed E-state index contributed by atoms with van der Waals surface area (Å²) in [6.45, 7) is 0. The summed E-state index contributed by atoms with van der Waals surface area (Å²) >= 11 is 1.63. The molecule has 2 atom stereocenters. The van der Waals surface area contributed by atoms with Crippen LogP contribution in [0.2, 0.25) is 0 Å². The predicted molar refractivity (Wildman–Crippen MR) is 125 cm³/mol. The first-order valence-electron chi connectivity index (χ1n) is 10.5. The van der Waals surface area contributed by atoms with Gasteiger partial charge in [-0.1, -0.05) is 0 Å². The van der Waals surface area contributed by atoms with Gasteiger partial charge in [-0.15, -0.1) is 22.0 Å². The van der Waals surface area contributed by atoms with Crippen LogP contribution in [0, 0.1) is 0 Å². The van der Waals surface area contributed by atoms with Gasteiger partial charge in [-0.05, 0) is 48.9 Å². The third-order valence-corrected chi connectivity index (χ3v) is 6.21. The van der Waals surface area contributed by atoms with E-state index in [4.69, 9.17) is 0 Å². The molecule has 11 nitrogen and oxygen atoms in total. The highest BCUT2D eigenvalue weighted by Crippen LogP contribution is 2.25. The number of nitrogens with one attached hydrogen (secondary N) is 3. The van der Waals surface area contributed by atoms with Crippen molar-refractivity contribution in [3.05, 3.63) is 59.4 Å². The number of anilines is 2. The number of rotatable bonds is 7. The van der Waals surface area contributed by atoms with Gasteiger partial charge < -0.3 is 10.6 Å². The monoisotopic (exact) mass is 462 g/mol. The van der Waals surface area contributed by atoms with Crippen LogP contribution in [0.3, 0.4) is 0 Å². The summed E-state index contributed by atoms with van der Waals surface area (Å²) in [5, 5.41) is 20.6. The van der Waals surface area contributed by atoms with Crippen molar-refractivity contribution in [1.82, 2.24) is 40.1 Å². The summed E-state index contributed by atoms with van der Waals surface area (Å²) in [6.07, 6.45) is 12.1. The van der Waals surface area contributed by atoms with Crippen LogP contribution >= 0.6 is 11.8 Å². The Labute approximate surface area is 193 Å². The first-order chi connectivity index (χ1) is 16.2. The molecule has 1 aliphatic rings. The molecule has 0 aliphatic heterocycles. The molecule has 0 spiro atoms. The number of pyridine rings is 2. The average Bonchev–Trinajstić information content (AvgIpc) is 3.53. The Morgan fingerprint density at radius 2 is 1.88 bits per heavy atom. The van der Waals surface area contributed by atoms with Gasteiger partial charge in [-0.3, -0.25) is 9.36 Å². The van der Waals surface area contributed by atoms with E-state index in [0.29, 0.717) is 35.1 Å². The van der Waals surface area contributed by atoms with Gasteiger partial charge in [0.2, 0.25) is 11.8 Å². The molecule has 1 aliphatic carbocycles. The maximum absolute atomic E-state index is 12.5. The Hall–Kier alpha value is -3.80. The van der Waals surface area contributed by atoms with Crippen molar-refractivity contribution in [3.8, 4) is 17.1 Å². The van der Waals surface area contributed by atoms with Crippen molar-refractivity contribution in [2.45, 2.75) is 36.2 Å². The number of thioether (sulfide) groups is 1. The third-order valence-electron chi connectivity index (χ3n) is 5.53. The zero-order valence-corrected chi connectivity index (χ0v) is 18.7. The Balaban J connectivity index is 1.19. The van der Waals surface area contributed by atoms with Gasteiger partial charge in [0.15, 0.2) is 0 Å². The zero-order valence-electron chi connectivity index (χ0n) is 17.8. The Bertz CT molecular complexity index is 1260. The number of aromatic amines is 1. The van der Waals surface area contributed by atoms with Crippen LogP contribution in [0.4, 0.5) is 11.8 Å². The average molecular weight is 463 g/mol. The van der Waals surface area contributed by atoms with Gasteiger partial charge in [-0.2, -0.15) is 5.21 Å². The van der Waals surface area contributed by atoms with Crippen molar-refractivity contribution in [1.29, 1.82) is 0 Å². The number of nitrogens with zero attached hydrogens (tertiary/aromatic N) is 7. The van der Waals surface area contributed by atoms with E-state index in [9.17, 15) is 4.79 Å². The van der Waals surface area contributed by atoms with Crippen LogP contribution in [0.5, 0.6) is 0 Å². The minimum atomic E-state index is -0.197. The van der Waals surface area contributed by atoms with E-state index in [1.165, 1.54) is 10.6 Å². The fourth-order valence-electron chi connectivity index (χ4n) is 3.86. The third kappa shape index (κ3) is 4.85. The molecule has 0 aromatic carbocycles. The molecular weight excluding hydrogens is 440 g/mol. The van der Waals surface area contributed by atoms with Crippen LogP contribution in [0.25, 0.3) is 17.1 Å². The Morgan fingerprint density at radius 1 is 1.06 bits per heavy atom. The first-order valence-corrected chi connectivity index (χ1v) is 11.7. The second-order valence-corrected chi connectivity index (χ2v) is 8.58. The number of tetrazole rings is 1. The van der Waals surface area contributed by atoms with Crippen LogP contribution < -0.4 is 16.2 Å². The maximum Gasteiger partial charge on any atom is 0.255 e. The SMILES string of the molecule is CSc1cnc(N[C@H]2CC[C@@H](Nc3ccc(-n4ccc(-c5nn[nH]n5)cc4=O)cn3)C2)nc1. The van der Waals surface area contributed by atoms with E-state index < -0.39 is 0 Å². The van der Waals surface area contributed by atoms with Crippen LogP contribution in [-0.4, -0.2) is 58.5 Å². The highest BCUT2D eigenvalue weighted by atomic mass is 32.2. The normalized spacial score (nSPS) is 17.7. The van der Waals surface area contributed by atoms with E-state index >= 15 is 0 Å². The molecule has 4 aromatic heterocycles. The molecule has 1 saturated carbocycles. The quantitative estimate of drug-likeness (QED) is 0.351. The largest absolute Gasteiger partial charge is 0.367 e. The van der Waals surface area contributed by atoms with Crippen molar-refractivity contribution < 1.29 is 0 Å². The lowest BCUT2D eigenvalue weighted by Crippen LogP contribution is -2.22. The lowest BCUT2D eigenvalue weighted by Gasteiger charge is -2.15. The highest BCUT2D eigenvalue weighted by molar-refractivity contribution is 7.98. The smallest absolute Gasteiger partial charge is 0.255 e. The fourth-order valence-corrected chi connectivity index (χ4v) is 4.18. The molecule has 3 N–H and O–H groups in total. The van der Waals surface area contributed by atoms with E-state index in [1.54, 1.807) is 30.2 Å². The molecule has 4 heterocycles. The summed E-state index contributed by atoms with van der Waals surface area (Å²) in [6, 6.07) is 7.63. The van der Waals surface area contributed by atoms with Crippen LogP contribution in [0.15, 0.2) is 58.7 Å². The van der Waals surface area contributed by atoms with Crippen molar-refractivity contribution >= 4 is 23.5 Å². The predicted octanol–water partition coefficient (Wildman–Crippen LogP) is 2.37. The molecule has 0 radical (unpaired) electrons. The zero-order chi connectivity index (χ0) is 22.6. The second kappa shape index (κ2) is 9.36. The molecule has 0 amide bonds. The number of hydrogen-bond donors (Lipinski definition) is 3. The standard InChI is InChI=1S/C21H22N10OS/c1-33-17-11-23-21(24-12-17)26-15-3-2-14(9-15)25-18-5-4-16(10-22-18)31-7-6-13(8-19(31)32)20-27-29-30-28-20/h4-8,10-12,14-15H,2-3,9H2,1H3,(H,22,25)(H,23,24,26)(H,27,28,29,30)/t14-,15+/m1/s1. The van der Waals surface area contributed by atoms with Gasteiger partial charge in [0.1, 0.15) is 5.82 Å². The van der Waals surface area contributed by atoms with Gasteiger partial charge in [0.25, 0.3) is 5.56 Å². The minimum Gasteiger partial charge on any atom is -0.367 e. The summed E-state index contributed by atoms with van der Waals surface area (Å²) in [7, 11) is 0. The molecule has 5 rings (SSSR count). The van der Waals surface area contributed by atoms with Crippen molar-refractivity contribution in [3.63, 3.8) is 0 Å². The molecule has 0 unspecified atom stereocenters. The van der Waals surface area contributed by atoms with E-state index in [0.717, 1.165) is 30.0 Å². The number of H-pyrrole nitrogens is 1. The molecule has 12 heteroatoms. The topological polar surface area (TPSA) is 139 Å². The molecule has 33 heavy (non-hydrogen) atoms. The lowest BCUT2D eigenvalue weighted by molar-refractivity contribution is 0.716. The van der Waals surface area contributed by atoms with Crippen molar-refractivity contribution in [2.24, 2.45) is 0 Å². The second-order valence-electron chi connectivity index (χ2n) is 7.70. The first kappa shape index (κ1) is 21.1. The van der Waals surface area contributed by atoms with Crippen LogP contribution in [-0.2, 0) is 0 Å². The molecule has 4 aromatic rings. The lowest BCUT2D eigenvalue weighted by atomic mass is 10.2. The van der Waals surface area contributed by atoms with Gasteiger partial charge in [-0.25, -0.2) is 15.0 Å². The summed E-state index contributed by atoms with van der Waals surface area (Å²) in [5.41, 5.74) is 1.09. The fraction of sp³-hybridized carbons (Fsp3) is 0.286. The Kier molecular flexibility index (Phi) is 5.98. The molecule has 168 valence electrons. The summed E-state index contributed by atoms with van der Waals surface area (Å²) in [4.78, 5) is 26.8. The molecule has 0 bridgehead atoms. The van der Waals surface area contributed by atoms with Crippen LogP contribution in [0.1, 0.15) is 19.3 Å². The van der Waals surface area contributed by atoms with Gasteiger partial charge in [0.05, 0.1) is 11.9 Å². The van der Waals surface area contributed by atoms with E-state index in [2.05, 4.69) is 46.2 Å². The summed E-state index contributed by atoms with van der Waals surface area (Å²) in [5.74, 6) is 1.82. The van der Waals surface area contributed by atoms with E-state index in [1.807, 2.05) is 30.8 Å². The molecule has 1 fully saturated rings. The van der Waals surface area contributed by atoms with Gasteiger partial charge >= 0.3 is 0 Å². The maximum atomic E-state index is 12.5.